The van der Waals surface area contributed by atoms with E-state index in [1.54, 1.807) is 5.82 Å². The minimum absolute atomic E-state index is 0.570. The third-order valence-electron chi connectivity index (χ3n) is 8.10. The number of aryl methyl sites for hydroxylation is 1. The Morgan fingerprint density at radius 1 is 0.528 bits per heavy atom. The van der Waals surface area contributed by atoms with Crippen molar-refractivity contribution in [3.63, 3.8) is 0 Å². The van der Waals surface area contributed by atoms with Crippen LogP contribution in [-0.2, 0) is 13.0 Å². The van der Waals surface area contributed by atoms with E-state index in [4.69, 9.17) is 0 Å². The van der Waals surface area contributed by atoms with Gasteiger partial charge in [-0.15, -0.1) is 0 Å². The van der Waals surface area contributed by atoms with Crippen molar-refractivity contribution in [3.05, 3.63) is 18.2 Å². The molecular formula is C34H67N2+. The molecule has 0 bridgehead atoms. The topological polar surface area (TPSA) is 8.81 Å². The molecule has 36 heavy (non-hydrogen) atoms. The van der Waals surface area contributed by atoms with Crippen LogP contribution < -0.4 is 4.57 Å². The zero-order chi connectivity index (χ0) is 26.1. The monoisotopic (exact) mass is 504 g/mol. The van der Waals surface area contributed by atoms with Crippen LogP contribution in [0, 0.1) is 0 Å². The summed E-state index contributed by atoms with van der Waals surface area (Å²) in [7, 11) is 0. The van der Waals surface area contributed by atoms with Gasteiger partial charge in [0.05, 0.1) is 12.6 Å². The lowest BCUT2D eigenvalue weighted by Gasteiger charge is -2.08. The fourth-order valence-electron chi connectivity index (χ4n) is 5.67. The normalized spacial score (nSPS) is 11.7. The Labute approximate surface area is 228 Å². The molecule has 0 saturated carbocycles. The van der Waals surface area contributed by atoms with Crippen LogP contribution in [0.4, 0.5) is 0 Å². The van der Waals surface area contributed by atoms with Crippen molar-refractivity contribution in [2.45, 2.75) is 201 Å². The second kappa shape index (κ2) is 24.5. The molecule has 2 nitrogen and oxygen atoms in total. The molecule has 0 fully saturated rings. The average molecular weight is 504 g/mol. The molecule has 1 rings (SSSR count). The van der Waals surface area contributed by atoms with E-state index < -0.39 is 0 Å². The van der Waals surface area contributed by atoms with Gasteiger partial charge in [-0.25, -0.2) is 9.13 Å². The highest BCUT2D eigenvalue weighted by molar-refractivity contribution is 4.86. The molecule has 0 radical (unpaired) electrons. The predicted octanol–water partition coefficient (Wildman–Crippen LogP) is 11.3. The van der Waals surface area contributed by atoms with Crippen LogP contribution in [0.5, 0.6) is 0 Å². The first-order valence-electron chi connectivity index (χ1n) is 16.8. The molecule has 0 saturated heterocycles. The highest BCUT2D eigenvalue weighted by Crippen LogP contribution is 2.15. The molecule has 0 aromatic carbocycles. The summed E-state index contributed by atoms with van der Waals surface area (Å²) in [4.78, 5) is 0. The minimum atomic E-state index is 0.570. The molecule has 0 unspecified atom stereocenters. The van der Waals surface area contributed by atoms with Crippen LogP contribution >= 0.6 is 0 Å². The molecule has 1 aromatic heterocycles. The molecule has 212 valence electrons. The summed E-state index contributed by atoms with van der Waals surface area (Å²) in [6.45, 7) is 10.5. The molecule has 0 atom stereocenters. The average Bonchev–Trinajstić information content (AvgIpc) is 3.28. The van der Waals surface area contributed by atoms with Gasteiger partial charge in [0.2, 0.25) is 0 Å². The van der Waals surface area contributed by atoms with E-state index in [0.717, 1.165) is 0 Å². The molecule has 0 amide bonds. The van der Waals surface area contributed by atoms with Crippen LogP contribution in [0.2, 0.25) is 0 Å². The quantitative estimate of drug-likeness (QED) is 0.0833. The van der Waals surface area contributed by atoms with E-state index >= 15 is 0 Å². The molecule has 2 heteroatoms. The smallest absolute Gasteiger partial charge is 0.234 e. The number of imidazole rings is 1. The maximum absolute atomic E-state index is 2.58. The summed E-state index contributed by atoms with van der Waals surface area (Å²) in [5.41, 5.74) is 0. The predicted molar refractivity (Wildman–Crippen MR) is 161 cm³/mol. The van der Waals surface area contributed by atoms with Gasteiger partial charge < -0.3 is 0 Å². The van der Waals surface area contributed by atoms with E-state index in [0.29, 0.717) is 6.04 Å². The lowest BCUT2D eigenvalue weighted by molar-refractivity contribution is -0.704. The summed E-state index contributed by atoms with van der Waals surface area (Å²) < 4.78 is 5.10. The Hall–Kier alpha value is -0.790. The van der Waals surface area contributed by atoms with Gasteiger partial charge in [-0.3, -0.25) is 0 Å². The van der Waals surface area contributed by atoms with Gasteiger partial charge in [0.1, 0.15) is 12.4 Å². The van der Waals surface area contributed by atoms with Crippen molar-refractivity contribution in [2.24, 2.45) is 0 Å². The summed E-state index contributed by atoms with van der Waals surface area (Å²) >= 11 is 0. The van der Waals surface area contributed by atoms with Crippen LogP contribution in [-0.4, -0.2) is 4.57 Å². The van der Waals surface area contributed by atoms with E-state index in [9.17, 15) is 0 Å². The van der Waals surface area contributed by atoms with E-state index in [-0.39, 0.29) is 0 Å². The fourth-order valence-corrected chi connectivity index (χ4v) is 5.67. The van der Waals surface area contributed by atoms with Gasteiger partial charge >= 0.3 is 0 Å². The third-order valence-corrected chi connectivity index (χ3v) is 8.10. The largest absolute Gasteiger partial charge is 0.256 e. The van der Waals surface area contributed by atoms with Crippen molar-refractivity contribution in [3.8, 4) is 0 Å². The van der Waals surface area contributed by atoms with E-state index in [1.807, 2.05) is 0 Å². The van der Waals surface area contributed by atoms with Crippen LogP contribution in [0.1, 0.15) is 194 Å². The molecule has 1 heterocycles. The SMILES string of the molecule is CCCCCCCCCCCCCCCCC[n+]1ccn(C(C)C)c1CCCCCCCCCCC. The first-order chi connectivity index (χ1) is 17.7. The Morgan fingerprint density at radius 3 is 1.28 bits per heavy atom. The lowest BCUT2D eigenvalue weighted by atomic mass is 10.0. The van der Waals surface area contributed by atoms with Crippen LogP contribution in [0.3, 0.4) is 0 Å². The Balaban J connectivity index is 2.08. The molecule has 0 N–H and O–H groups in total. The Morgan fingerprint density at radius 2 is 0.889 bits per heavy atom. The number of nitrogens with zero attached hydrogens (tertiary/aromatic N) is 2. The fraction of sp³-hybridized carbons (Fsp3) is 0.912. The maximum Gasteiger partial charge on any atom is 0.256 e. The lowest BCUT2D eigenvalue weighted by Crippen LogP contribution is -2.37. The van der Waals surface area contributed by atoms with Gasteiger partial charge in [0.15, 0.2) is 0 Å². The minimum Gasteiger partial charge on any atom is -0.234 e. The standard InChI is InChI=1S/C34H67N2/c1-5-7-9-11-13-15-16-17-18-19-20-22-24-26-28-30-35-31-32-36(33(3)4)34(35)29-27-25-23-21-14-12-10-8-6-2/h31-33H,5-30H2,1-4H3/q+1. The van der Waals surface area contributed by atoms with Gasteiger partial charge in [-0.05, 0) is 33.1 Å². The number of hydrogen-bond acceptors (Lipinski definition) is 0. The van der Waals surface area contributed by atoms with E-state index in [2.05, 4.69) is 49.2 Å². The van der Waals surface area contributed by atoms with E-state index in [1.165, 1.54) is 167 Å². The summed E-state index contributed by atoms with van der Waals surface area (Å²) in [5.74, 6) is 1.57. The maximum atomic E-state index is 2.58. The number of aromatic nitrogens is 2. The third kappa shape index (κ3) is 17.6. The highest BCUT2D eigenvalue weighted by atomic mass is 15.2. The number of rotatable bonds is 27. The first kappa shape index (κ1) is 33.2. The van der Waals surface area contributed by atoms with Gasteiger partial charge in [0, 0.05) is 6.42 Å². The second-order valence-corrected chi connectivity index (χ2v) is 11.9. The van der Waals surface area contributed by atoms with Crippen LogP contribution in [0.15, 0.2) is 12.4 Å². The summed E-state index contributed by atoms with van der Waals surface area (Å²) in [6, 6.07) is 0.570. The molecule has 0 aliphatic heterocycles. The molecule has 1 aromatic rings. The van der Waals surface area contributed by atoms with Gasteiger partial charge in [0.25, 0.3) is 5.82 Å². The number of hydrogen-bond donors (Lipinski definition) is 0. The van der Waals surface area contributed by atoms with Crippen molar-refractivity contribution < 1.29 is 4.57 Å². The molecule has 0 spiro atoms. The van der Waals surface area contributed by atoms with Crippen molar-refractivity contribution >= 4 is 0 Å². The zero-order valence-electron chi connectivity index (χ0n) is 25.5. The van der Waals surface area contributed by atoms with Crippen LogP contribution in [0.25, 0.3) is 0 Å². The summed E-state index contributed by atoms with van der Waals surface area (Å²) in [6.07, 6.45) is 40.3. The molecule has 0 aliphatic carbocycles. The molecule has 0 aliphatic rings. The summed E-state index contributed by atoms with van der Waals surface area (Å²) in [5, 5.41) is 0. The Bertz CT molecular complexity index is 574. The highest BCUT2D eigenvalue weighted by Gasteiger charge is 2.18. The van der Waals surface area contributed by atoms with Crippen molar-refractivity contribution in [2.75, 3.05) is 0 Å². The van der Waals surface area contributed by atoms with Crippen molar-refractivity contribution in [1.82, 2.24) is 4.57 Å². The number of unbranched alkanes of at least 4 members (excludes halogenated alkanes) is 22. The first-order valence-corrected chi connectivity index (χ1v) is 16.8. The van der Waals surface area contributed by atoms with Gasteiger partial charge in [-0.2, -0.15) is 0 Å². The van der Waals surface area contributed by atoms with Crippen molar-refractivity contribution in [1.29, 1.82) is 0 Å². The zero-order valence-corrected chi connectivity index (χ0v) is 25.5. The second-order valence-electron chi connectivity index (χ2n) is 11.9. The molecular weight excluding hydrogens is 436 g/mol. The Kier molecular flexibility index (Phi) is 22.7. The van der Waals surface area contributed by atoms with Gasteiger partial charge in [-0.1, -0.05) is 149 Å².